The molecular formula is C19H14BrN3O5. The van der Waals surface area contributed by atoms with Gasteiger partial charge in [-0.3, -0.25) is 25.0 Å². The number of rotatable bonds is 3. The van der Waals surface area contributed by atoms with Gasteiger partial charge in [0.2, 0.25) is 0 Å². The minimum absolute atomic E-state index is 0.130. The summed E-state index contributed by atoms with van der Waals surface area (Å²) in [6.07, 6.45) is 1.23. The number of benzene rings is 2. The van der Waals surface area contributed by atoms with Gasteiger partial charge in [0.05, 0.1) is 10.6 Å². The first kappa shape index (κ1) is 19.4. The summed E-state index contributed by atoms with van der Waals surface area (Å²) in [5.74, 6) is -1.66. The summed E-state index contributed by atoms with van der Waals surface area (Å²) in [7, 11) is 0. The molecule has 4 amide bonds. The summed E-state index contributed by atoms with van der Waals surface area (Å²) < 4.78 is 0.805. The maximum absolute atomic E-state index is 12.9. The van der Waals surface area contributed by atoms with E-state index in [1.807, 2.05) is 0 Å². The van der Waals surface area contributed by atoms with Gasteiger partial charge in [0, 0.05) is 16.1 Å². The smallest absolute Gasteiger partial charge is 0.273 e. The normalized spacial score (nSPS) is 15.8. The van der Waals surface area contributed by atoms with Gasteiger partial charge in [-0.1, -0.05) is 28.1 Å². The summed E-state index contributed by atoms with van der Waals surface area (Å²) >= 11 is 3.35. The van der Waals surface area contributed by atoms with Crippen LogP contribution in [0.25, 0.3) is 6.08 Å². The average molecular weight is 444 g/mol. The van der Waals surface area contributed by atoms with Gasteiger partial charge in [-0.05, 0) is 49.2 Å². The molecule has 0 atom stereocenters. The van der Waals surface area contributed by atoms with E-state index in [1.165, 1.54) is 18.2 Å². The van der Waals surface area contributed by atoms with Crippen LogP contribution in [0.3, 0.4) is 0 Å². The molecule has 0 aromatic heterocycles. The van der Waals surface area contributed by atoms with E-state index in [0.29, 0.717) is 16.8 Å². The molecule has 8 nitrogen and oxygen atoms in total. The second-order valence-corrected chi connectivity index (χ2v) is 7.05. The first-order valence-corrected chi connectivity index (χ1v) is 8.91. The van der Waals surface area contributed by atoms with Crippen molar-refractivity contribution in [2.45, 2.75) is 13.8 Å². The SMILES string of the molecule is Cc1cc(N2C(=O)NC(=O)/C(=C\c3ccc(C)c([N+](=O)[O-])c3)C2=O)ccc1Br. The highest BCUT2D eigenvalue weighted by molar-refractivity contribution is 9.10. The van der Waals surface area contributed by atoms with E-state index in [4.69, 9.17) is 0 Å². The Bertz CT molecular complexity index is 1080. The van der Waals surface area contributed by atoms with Crippen LogP contribution >= 0.6 is 15.9 Å². The first-order valence-electron chi connectivity index (χ1n) is 8.11. The fourth-order valence-electron chi connectivity index (χ4n) is 2.74. The van der Waals surface area contributed by atoms with E-state index in [-0.39, 0.29) is 11.3 Å². The van der Waals surface area contributed by atoms with Crippen molar-refractivity contribution in [3.05, 3.63) is 73.2 Å². The zero-order valence-electron chi connectivity index (χ0n) is 14.9. The van der Waals surface area contributed by atoms with Gasteiger partial charge in [0.15, 0.2) is 0 Å². The number of nitro groups is 1. The number of carbonyl (C=O) groups is 3. The number of halogens is 1. The molecule has 1 aliphatic rings. The lowest BCUT2D eigenvalue weighted by Crippen LogP contribution is -2.54. The van der Waals surface area contributed by atoms with Crippen molar-refractivity contribution in [3.63, 3.8) is 0 Å². The van der Waals surface area contributed by atoms with Crippen LogP contribution in [0.2, 0.25) is 0 Å². The number of hydrogen-bond donors (Lipinski definition) is 1. The molecule has 3 rings (SSSR count). The molecule has 2 aromatic carbocycles. The number of aryl methyl sites for hydroxylation is 2. The number of carbonyl (C=O) groups excluding carboxylic acids is 3. The zero-order valence-corrected chi connectivity index (χ0v) is 16.4. The Morgan fingerprint density at radius 3 is 2.43 bits per heavy atom. The molecule has 1 heterocycles. The number of barbiturate groups is 1. The second-order valence-electron chi connectivity index (χ2n) is 6.19. The van der Waals surface area contributed by atoms with Crippen LogP contribution in [-0.2, 0) is 9.59 Å². The predicted octanol–water partition coefficient (Wildman–Crippen LogP) is 3.64. The van der Waals surface area contributed by atoms with E-state index in [9.17, 15) is 24.5 Å². The van der Waals surface area contributed by atoms with Crippen molar-refractivity contribution in [3.8, 4) is 0 Å². The molecule has 142 valence electrons. The summed E-state index contributed by atoms with van der Waals surface area (Å²) in [4.78, 5) is 48.8. The molecule has 0 radical (unpaired) electrons. The number of urea groups is 1. The summed E-state index contributed by atoms with van der Waals surface area (Å²) in [5, 5.41) is 13.2. The Balaban J connectivity index is 2.05. The molecule has 1 aliphatic heterocycles. The molecular weight excluding hydrogens is 430 g/mol. The first-order chi connectivity index (χ1) is 13.2. The highest BCUT2D eigenvalue weighted by Crippen LogP contribution is 2.27. The lowest BCUT2D eigenvalue weighted by atomic mass is 10.0. The minimum Gasteiger partial charge on any atom is -0.273 e. The maximum Gasteiger partial charge on any atom is 0.335 e. The molecule has 1 N–H and O–H groups in total. The van der Waals surface area contributed by atoms with E-state index < -0.39 is 22.8 Å². The predicted molar refractivity (Wildman–Crippen MR) is 106 cm³/mol. The molecule has 1 saturated heterocycles. The van der Waals surface area contributed by atoms with Gasteiger partial charge < -0.3 is 0 Å². The molecule has 0 spiro atoms. The van der Waals surface area contributed by atoms with Crippen LogP contribution in [0.5, 0.6) is 0 Å². The zero-order chi connectivity index (χ0) is 20.6. The quantitative estimate of drug-likeness (QED) is 0.337. The number of nitrogens with one attached hydrogen (secondary N) is 1. The van der Waals surface area contributed by atoms with Gasteiger partial charge in [-0.2, -0.15) is 0 Å². The van der Waals surface area contributed by atoms with Gasteiger partial charge >= 0.3 is 6.03 Å². The van der Waals surface area contributed by atoms with Crippen LogP contribution in [0.4, 0.5) is 16.2 Å². The van der Waals surface area contributed by atoms with Crippen LogP contribution in [0.1, 0.15) is 16.7 Å². The minimum atomic E-state index is -0.858. The van der Waals surface area contributed by atoms with E-state index >= 15 is 0 Å². The Labute approximate surface area is 168 Å². The summed E-state index contributed by atoms with van der Waals surface area (Å²) in [6, 6.07) is 8.38. The topological polar surface area (TPSA) is 110 Å². The van der Waals surface area contributed by atoms with E-state index in [0.717, 1.165) is 14.9 Å². The van der Waals surface area contributed by atoms with Crippen molar-refractivity contribution in [2.75, 3.05) is 4.90 Å². The maximum atomic E-state index is 12.9. The lowest BCUT2D eigenvalue weighted by Gasteiger charge is -2.26. The number of anilines is 1. The standard InChI is InChI=1S/C19H14BrN3O5/c1-10-3-4-12(9-16(10)23(27)28)8-14-17(24)21-19(26)22(18(14)25)13-5-6-15(20)11(2)7-13/h3-9H,1-2H3,(H,21,24,26)/b14-8+. The van der Waals surface area contributed by atoms with E-state index in [2.05, 4.69) is 21.2 Å². The van der Waals surface area contributed by atoms with Crippen molar-refractivity contribution in [2.24, 2.45) is 0 Å². The number of amides is 4. The Morgan fingerprint density at radius 1 is 1.07 bits per heavy atom. The summed E-state index contributed by atoms with van der Waals surface area (Å²) in [6.45, 7) is 3.39. The highest BCUT2D eigenvalue weighted by Gasteiger charge is 2.37. The fourth-order valence-corrected chi connectivity index (χ4v) is 2.99. The number of hydrogen-bond acceptors (Lipinski definition) is 5. The third-order valence-corrected chi connectivity index (χ3v) is 5.13. The third kappa shape index (κ3) is 3.56. The fraction of sp³-hybridized carbons (Fsp3) is 0.105. The van der Waals surface area contributed by atoms with Crippen LogP contribution in [0.15, 0.2) is 46.4 Å². The monoisotopic (exact) mass is 443 g/mol. The second kappa shape index (κ2) is 7.35. The Hall–Kier alpha value is -3.33. The van der Waals surface area contributed by atoms with Crippen molar-refractivity contribution in [1.29, 1.82) is 0 Å². The molecule has 9 heteroatoms. The van der Waals surface area contributed by atoms with Crippen LogP contribution in [0, 0.1) is 24.0 Å². The average Bonchev–Trinajstić information content (AvgIpc) is 2.62. The largest absolute Gasteiger partial charge is 0.335 e. The Kier molecular flexibility index (Phi) is 5.10. The molecule has 2 aromatic rings. The van der Waals surface area contributed by atoms with Gasteiger partial charge in [-0.25, -0.2) is 9.69 Å². The van der Waals surface area contributed by atoms with Crippen molar-refractivity contribution >= 4 is 51.2 Å². The highest BCUT2D eigenvalue weighted by atomic mass is 79.9. The van der Waals surface area contributed by atoms with Crippen molar-refractivity contribution < 1.29 is 19.3 Å². The summed E-state index contributed by atoms with van der Waals surface area (Å²) in [5.41, 5.74) is 1.43. The molecule has 0 aliphatic carbocycles. The third-order valence-electron chi connectivity index (χ3n) is 4.24. The molecule has 0 saturated carbocycles. The van der Waals surface area contributed by atoms with Gasteiger partial charge in [0.1, 0.15) is 5.57 Å². The molecule has 0 bridgehead atoms. The van der Waals surface area contributed by atoms with Crippen LogP contribution in [-0.4, -0.2) is 22.8 Å². The number of imide groups is 2. The van der Waals surface area contributed by atoms with Crippen LogP contribution < -0.4 is 10.2 Å². The lowest BCUT2D eigenvalue weighted by molar-refractivity contribution is -0.385. The number of nitrogens with zero attached hydrogens (tertiary/aromatic N) is 2. The van der Waals surface area contributed by atoms with Gasteiger partial charge in [0.25, 0.3) is 17.5 Å². The molecule has 1 fully saturated rings. The molecule has 0 unspecified atom stereocenters. The number of nitro benzene ring substituents is 1. The van der Waals surface area contributed by atoms with Crippen molar-refractivity contribution in [1.82, 2.24) is 5.32 Å². The Morgan fingerprint density at radius 2 is 1.79 bits per heavy atom. The molecule has 28 heavy (non-hydrogen) atoms. The van der Waals surface area contributed by atoms with E-state index in [1.54, 1.807) is 38.1 Å². The van der Waals surface area contributed by atoms with Gasteiger partial charge in [-0.15, -0.1) is 0 Å².